The lowest BCUT2D eigenvalue weighted by molar-refractivity contribution is -0.127. The SMILES string of the molecule is CCCC1CCC([C@H]2CC[C@H](CC)CC2)CC1=O. The van der Waals surface area contributed by atoms with Crippen molar-refractivity contribution in [3.05, 3.63) is 0 Å². The van der Waals surface area contributed by atoms with Crippen molar-refractivity contribution in [3.8, 4) is 0 Å². The van der Waals surface area contributed by atoms with Crippen molar-refractivity contribution in [2.24, 2.45) is 23.7 Å². The molecule has 2 aliphatic rings. The zero-order valence-corrected chi connectivity index (χ0v) is 12.3. The first-order chi connectivity index (χ1) is 8.74. The lowest BCUT2D eigenvalue weighted by Gasteiger charge is -2.37. The third-order valence-corrected chi connectivity index (χ3v) is 5.58. The molecule has 2 fully saturated rings. The largest absolute Gasteiger partial charge is 0.299 e. The highest BCUT2D eigenvalue weighted by atomic mass is 16.1. The van der Waals surface area contributed by atoms with Crippen LogP contribution in [0.2, 0.25) is 0 Å². The van der Waals surface area contributed by atoms with Gasteiger partial charge in [0.15, 0.2) is 0 Å². The molecule has 0 bridgehead atoms. The summed E-state index contributed by atoms with van der Waals surface area (Å²) in [6, 6.07) is 0. The van der Waals surface area contributed by atoms with Crippen LogP contribution in [0, 0.1) is 23.7 Å². The zero-order chi connectivity index (χ0) is 13.0. The molecule has 2 aliphatic carbocycles. The maximum absolute atomic E-state index is 12.2. The molecule has 0 spiro atoms. The van der Waals surface area contributed by atoms with E-state index in [4.69, 9.17) is 0 Å². The van der Waals surface area contributed by atoms with Crippen LogP contribution >= 0.6 is 0 Å². The maximum Gasteiger partial charge on any atom is 0.136 e. The third kappa shape index (κ3) is 3.36. The minimum absolute atomic E-state index is 0.415. The number of Topliss-reactive ketones (excluding diaryl/α,β-unsaturated/α-hetero) is 1. The van der Waals surface area contributed by atoms with Crippen LogP contribution in [0.4, 0.5) is 0 Å². The van der Waals surface area contributed by atoms with Crippen molar-refractivity contribution >= 4 is 5.78 Å². The Morgan fingerprint density at radius 1 is 0.944 bits per heavy atom. The van der Waals surface area contributed by atoms with Crippen LogP contribution in [-0.4, -0.2) is 5.78 Å². The second-order valence-corrected chi connectivity index (χ2v) is 6.68. The number of carbonyl (C=O) groups is 1. The predicted octanol–water partition coefficient (Wildman–Crippen LogP) is 4.99. The van der Waals surface area contributed by atoms with Crippen LogP contribution in [0.15, 0.2) is 0 Å². The number of carbonyl (C=O) groups excluding carboxylic acids is 1. The summed E-state index contributed by atoms with van der Waals surface area (Å²) in [4.78, 5) is 12.2. The highest BCUT2D eigenvalue weighted by Gasteiger charge is 2.33. The molecule has 0 saturated heterocycles. The lowest BCUT2D eigenvalue weighted by Crippen LogP contribution is -2.31. The van der Waals surface area contributed by atoms with Crippen LogP contribution in [0.5, 0.6) is 0 Å². The zero-order valence-electron chi connectivity index (χ0n) is 12.3. The Hall–Kier alpha value is -0.330. The van der Waals surface area contributed by atoms with E-state index in [9.17, 15) is 4.79 Å². The first-order valence-electron chi connectivity index (χ1n) is 8.27. The molecule has 0 aliphatic heterocycles. The van der Waals surface area contributed by atoms with Crippen molar-refractivity contribution in [2.45, 2.75) is 78.1 Å². The summed E-state index contributed by atoms with van der Waals surface area (Å²) < 4.78 is 0. The van der Waals surface area contributed by atoms with Crippen LogP contribution in [-0.2, 0) is 4.79 Å². The normalized spacial score (nSPS) is 37.8. The molecule has 18 heavy (non-hydrogen) atoms. The molecule has 0 heterocycles. The Morgan fingerprint density at radius 3 is 2.17 bits per heavy atom. The van der Waals surface area contributed by atoms with Crippen molar-refractivity contribution in [3.63, 3.8) is 0 Å². The molecule has 0 amide bonds. The minimum atomic E-state index is 0.415. The molecule has 0 aromatic rings. The Bertz CT molecular complexity index is 263. The summed E-state index contributed by atoms with van der Waals surface area (Å²) in [5, 5.41) is 0. The Kier molecular flexibility index (Phi) is 5.26. The first-order valence-corrected chi connectivity index (χ1v) is 8.27. The average molecular weight is 250 g/mol. The fourth-order valence-corrected chi connectivity index (χ4v) is 4.23. The van der Waals surface area contributed by atoms with Crippen LogP contribution in [0.1, 0.15) is 78.1 Å². The molecule has 2 saturated carbocycles. The van der Waals surface area contributed by atoms with Gasteiger partial charge in [-0.25, -0.2) is 0 Å². The standard InChI is InChI=1S/C17H30O/c1-3-5-15-10-11-16(12-17(15)18)14-8-6-13(4-2)7-9-14/h13-16H,3-12H2,1-2H3/t13-,14-,15?,16?. The van der Waals surface area contributed by atoms with E-state index < -0.39 is 0 Å². The molecule has 1 nitrogen and oxygen atoms in total. The second kappa shape index (κ2) is 6.73. The first kappa shape index (κ1) is 14.1. The Labute approximate surface area is 113 Å². The number of hydrogen-bond donors (Lipinski definition) is 0. The molecular formula is C17H30O. The highest BCUT2D eigenvalue weighted by Crippen LogP contribution is 2.41. The lowest BCUT2D eigenvalue weighted by atomic mass is 9.68. The van der Waals surface area contributed by atoms with E-state index in [0.29, 0.717) is 11.7 Å². The molecule has 2 unspecified atom stereocenters. The highest BCUT2D eigenvalue weighted by molar-refractivity contribution is 5.81. The molecule has 0 aromatic heterocycles. The van der Waals surface area contributed by atoms with E-state index in [2.05, 4.69) is 13.8 Å². The second-order valence-electron chi connectivity index (χ2n) is 6.68. The van der Waals surface area contributed by atoms with E-state index >= 15 is 0 Å². The smallest absolute Gasteiger partial charge is 0.136 e. The van der Waals surface area contributed by atoms with Crippen molar-refractivity contribution in [2.75, 3.05) is 0 Å². The predicted molar refractivity (Wildman–Crippen MR) is 76.5 cm³/mol. The van der Waals surface area contributed by atoms with Crippen molar-refractivity contribution in [1.82, 2.24) is 0 Å². The topological polar surface area (TPSA) is 17.1 Å². The number of hydrogen-bond acceptors (Lipinski definition) is 1. The summed E-state index contributed by atoms with van der Waals surface area (Å²) in [5.74, 6) is 3.60. The molecule has 2 rings (SSSR count). The summed E-state index contributed by atoms with van der Waals surface area (Å²) in [7, 11) is 0. The molecule has 1 heteroatoms. The van der Waals surface area contributed by atoms with E-state index in [1.54, 1.807) is 0 Å². The van der Waals surface area contributed by atoms with Gasteiger partial charge in [-0.05, 0) is 49.9 Å². The fourth-order valence-electron chi connectivity index (χ4n) is 4.23. The summed E-state index contributed by atoms with van der Waals surface area (Å²) in [6.45, 7) is 4.52. The van der Waals surface area contributed by atoms with Gasteiger partial charge in [0, 0.05) is 12.3 Å². The Morgan fingerprint density at radius 2 is 1.61 bits per heavy atom. The van der Waals surface area contributed by atoms with Crippen LogP contribution in [0.3, 0.4) is 0 Å². The number of rotatable bonds is 4. The third-order valence-electron chi connectivity index (χ3n) is 5.58. The van der Waals surface area contributed by atoms with Gasteiger partial charge in [-0.2, -0.15) is 0 Å². The molecular weight excluding hydrogens is 220 g/mol. The van der Waals surface area contributed by atoms with Gasteiger partial charge in [-0.3, -0.25) is 4.79 Å². The van der Waals surface area contributed by atoms with Gasteiger partial charge < -0.3 is 0 Å². The van der Waals surface area contributed by atoms with Gasteiger partial charge in [0.1, 0.15) is 5.78 Å². The molecule has 0 radical (unpaired) electrons. The van der Waals surface area contributed by atoms with Crippen molar-refractivity contribution in [1.29, 1.82) is 0 Å². The molecule has 104 valence electrons. The monoisotopic (exact) mass is 250 g/mol. The minimum Gasteiger partial charge on any atom is -0.299 e. The van der Waals surface area contributed by atoms with Gasteiger partial charge in [0.25, 0.3) is 0 Å². The summed E-state index contributed by atoms with van der Waals surface area (Å²) in [6.07, 6.45) is 12.7. The van der Waals surface area contributed by atoms with Crippen LogP contribution < -0.4 is 0 Å². The van der Waals surface area contributed by atoms with Gasteiger partial charge in [0.2, 0.25) is 0 Å². The maximum atomic E-state index is 12.2. The molecule has 0 aromatic carbocycles. The van der Waals surface area contributed by atoms with E-state index in [1.807, 2.05) is 0 Å². The summed E-state index contributed by atoms with van der Waals surface area (Å²) >= 11 is 0. The van der Waals surface area contributed by atoms with E-state index in [0.717, 1.165) is 30.6 Å². The average Bonchev–Trinajstić information content (AvgIpc) is 2.41. The van der Waals surface area contributed by atoms with Gasteiger partial charge >= 0.3 is 0 Å². The van der Waals surface area contributed by atoms with Gasteiger partial charge in [0.05, 0.1) is 0 Å². The summed E-state index contributed by atoms with van der Waals surface area (Å²) in [5.41, 5.74) is 0. The van der Waals surface area contributed by atoms with E-state index in [-0.39, 0.29) is 0 Å². The molecule has 2 atom stereocenters. The quantitative estimate of drug-likeness (QED) is 0.687. The molecule has 0 N–H and O–H groups in total. The van der Waals surface area contributed by atoms with Crippen molar-refractivity contribution < 1.29 is 4.79 Å². The van der Waals surface area contributed by atoms with E-state index in [1.165, 1.54) is 51.4 Å². The fraction of sp³-hybridized carbons (Fsp3) is 0.941. The van der Waals surface area contributed by atoms with Crippen LogP contribution in [0.25, 0.3) is 0 Å². The number of ketones is 1. The van der Waals surface area contributed by atoms with Gasteiger partial charge in [-0.15, -0.1) is 0 Å². The van der Waals surface area contributed by atoms with Gasteiger partial charge in [-0.1, -0.05) is 39.5 Å². The Balaban J connectivity index is 1.80.